The molecule has 110 valence electrons. The van der Waals surface area contributed by atoms with Gasteiger partial charge in [0.15, 0.2) is 10.9 Å². The normalized spacial score (nSPS) is 10.4. The molecular weight excluding hydrogens is 284 g/mol. The smallest absolute Gasteiger partial charge is 0.230 e. The number of hydrogen-bond acceptors (Lipinski definition) is 4. The SMILES string of the molecule is CCCc1cnc(NC(=O)Cc2ccc(C(C)=O)cc2)s1. The van der Waals surface area contributed by atoms with Gasteiger partial charge in [0.25, 0.3) is 0 Å². The number of aryl methyl sites for hydroxylation is 1. The minimum atomic E-state index is -0.0945. The molecular formula is C16H18N2O2S. The molecule has 0 aliphatic carbocycles. The molecule has 0 atom stereocenters. The maximum Gasteiger partial charge on any atom is 0.230 e. The molecule has 1 aromatic heterocycles. The lowest BCUT2D eigenvalue weighted by atomic mass is 10.1. The molecule has 21 heavy (non-hydrogen) atoms. The lowest BCUT2D eigenvalue weighted by Gasteiger charge is -2.03. The highest BCUT2D eigenvalue weighted by Crippen LogP contribution is 2.19. The van der Waals surface area contributed by atoms with E-state index in [0.717, 1.165) is 18.4 Å². The van der Waals surface area contributed by atoms with Crippen LogP contribution in [0.2, 0.25) is 0 Å². The predicted molar refractivity (Wildman–Crippen MR) is 84.9 cm³/mol. The summed E-state index contributed by atoms with van der Waals surface area (Å²) < 4.78 is 0. The van der Waals surface area contributed by atoms with Gasteiger partial charge in [0, 0.05) is 16.6 Å². The fraction of sp³-hybridized carbons (Fsp3) is 0.312. The van der Waals surface area contributed by atoms with Crippen LogP contribution in [0.4, 0.5) is 5.13 Å². The molecule has 0 saturated heterocycles. The first-order valence-corrected chi connectivity index (χ1v) is 7.74. The zero-order valence-electron chi connectivity index (χ0n) is 12.2. The van der Waals surface area contributed by atoms with E-state index < -0.39 is 0 Å². The molecule has 2 aromatic rings. The molecule has 0 aliphatic rings. The zero-order chi connectivity index (χ0) is 15.2. The number of Topliss-reactive ketones (excluding diaryl/α,β-unsaturated/α-hetero) is 1. The lowest BCUT2D eigenvalue weighted by molar-refractivity contribution is -0.115. The van der Waals surface area contributed by atoms with Gasteiger partial charge in [0.05, 0.1) is 6.42 Å². The van der Waals surface area contributed by atoms with Crippen LogP contribution in [-0.4, -0.2) is 16.7 Å². The first kappa shape index (κ1) is 15.4. The van der Waals surface area contributed by atoms with E-state index in [1.165, 1.54) is 23.1 Å². The van der Waals surface area contributed by atoms with Gasteiger partial charge in [-0.1, -0.05) is 37.6 Å². The van der Waals surface area contributed by atoms with Crippen LogP contribution in [0.3, 0.4) is 0 Å². The van der Waals surface area contributed by atoms with Crippen LogP contribution < -0.4 is 5.32 Å². The molecule has 5 heteroatoms. The Morgan fingerprint density at radius 1 is 1.24 bits per heavy atom. The molecule has 0 bridgehead atoms. The van der Waals surface area contributed by atoms with Crippen molar-refractivity contribution >= 4 is 28.2 Å². The number of carbonyl (C=O) groups excluding carboxylic acids is 2. The van der Waals surface area contributed by atoms with E-state index in [1.807, 2.05) is 6.20 Å². The van der Waals surface area contributed by atoms with E-state index >= 15 is 0 Å². The van der Waals surface area contributed by atoms with E-state index in [4.69, 9.17) is 0 Å². The Balaban J connectivity index is 1.92. The molecule has 4 nitrogen and oxygen atoms in total. The molecule has 0 spiro atoms. The van der Waals surface area contributed by atoms with Gasteiger partial charge in [-0.3, -0.25) is 9.59 Å². The van der Waals surface area contributed by atoms with Crippen molar-refractivity contribution in [2.45, 2.75) is 33.1 Å². The number of ketones is 1. The maximum absolute atomic E-state index is 12.0. The number of amides is 1. The molecule has 0 saturated carbocycles. The Kier molecular flexibility index (Phi) is 5.22. The summed E-state index contributed by atoms with van der Waals surface area (Å²) in [7, 11) is 0. The minimum absolute atomic E-state index is 0.0252. The topological polar surface area (TPSA) is 59.1 Å². The van der Waals surface area contributed by atoms with Crippen LogP contribution in [0.5, 0.6) is 0 Å². The first-order valence-electron chi connectivity index (χ1n) is 6.93. The summed E-state index contributed by atoms with van der Waals surface area (Å²) in [5.74, 6) is -0.0692. The summed E-state index contributed by atoms with van der Waals surface area (Å²) in [6.45, 7) is 3.64. The van der Waals surface area contributed by atoms with Crippen molar-refractivity contribution in [3.63, 3.8) is 0 Å². The van der Waals surface area contributed by atoms with Crippen LogP contribution >= 0.6 is 11.3 Å². The number of hydrogen-bond donors (Lipinski definition) is 1. The van der Waals surface area contributed by atoms with Gasteiger partial charge in [-0.25, -0.2) is 4.98 Å². The Labute approximate surface area is 128 Å². The molecule has 0 unspecified atom stereocenters. The standard InChI is InChI=1S/C16H18N2O2S/c1-3-4-14-10-17-16(21-14)18-15(20)9-12-5-7-13(8-6-12)11(2)19/h5-8,10H,3-4,9H2,1-2H3,(H,17,18,20). The number of aromatic nitrogens is 1. The van der Waals surface area contributed by atoms with E-state index in [9.17, 15) is 9.59 Å². The largest absolute Gasteiger partial charge is 0.302 e. The third kappa shape index (κ3) is 4.49. The Morgan fingerprint density at radius 2 is 1.95 bits per heavy atom. The molecule has 0 aliphatic heterocycles. The van der Waals surface area contributed by atoms with Crippen molar-refractivity contribution in [1.82, 2.24) is 4.98 Å². The molecule has 2 rings (SSSR count). The second-order valence-corrected chi connectivity index (χ2v) is 5.97. The summed E-state index contributed by atoms with van der Waals surface area (Å²) in [5.41, 5.74) is 1.53. The third-order valence-corrected chi connectivity index (χ3v) is 3.99. The van der Waals surface area contributed by atoms with Crippen molar-refractivity contribution in [2.24, 2.45) is 0 Å². The van der Waals surface area contributed by atoms with Crippen LogP contribution in [0.15, 0.2) is 30.5 Å². The van der Waals surface area contributed by atoms with Crippen molar-refractivity contribution < 1.29 is 9.59 Å². The average molecular weight is 302 g/mol. The highest BCUT2D eigenvalue weighted by atomic mass is 32.1. The van der Waals surface area contributed by atoms with Crippen molar-refractivity contribution in [2.75, 3.05) is 5.32 Å². The molecule has 0 radical (unpaired) electrons. The van der Waals surface area contributed by atoms with Crippen LogP contribution in [0, 0.1) is 0 Å². The van der Waals surface area contributed by atoms with Crippen molar-refractivity contribution in [3.05, 3.63) is 46.5 Å². The van der Waals surface area contributed by atoms with Crippen molar-refractivity contribution in [1.29, 1.82) is 0 Å². The average Bonchev–Trinajstić information content (AvgIpc) is 2.87. The summed E-state index contributed by atoms with van der Waals surface area (Å²) in [4.78, 5) is 28.5. The van der Waals surface area contributed by atoms with Gasteiger partial charge in [0.2, 0.25) is 5.91 Å². The monoisotopic (exact) mass is 302 g/mol. The third-order valence-electron chi connectivity index (χ3n) is 3.02. The molecule has 0 fully saturated rings. The van der Waals surface area contributed by atoms with Gasteiger partial charge >= 0.3 is 0 Å². The molecule has 1 N–H and O–H groups in total. The van der Waals surface area contributed by atoms with E-state index in [0.29, 0.717) is 10.7 Å². The molecule has 1 aromatic carbocycles. The van der Waals surface area contributed by atoms with Crippen LogP contribution in [-0.2, 0) is 17.6 Å². The number of rotatable bonds is 6. The number of benzene rings is 1. The minimum Gasteiger partial charge on any atom is -0.302 e. The van der Waals surface area contributed by atoms with E-state index in [1.54, 1.807) is 24.3 Å². The second kappa shape index (κ2) is 7.13. The Morgan fingerprint density at radius 3 is 2.57 bits per heavy atom. The Bertz CT molecular complexity index is 632. The van der Waals surface area contributed by atoms with Crippen LogP contribution in [0.1, 0.15) is 41.1 Å². The van der Waals surface area contributed by atoms with Crippen molar-refractivity contribution in [3.8, 4) is 0 Å². The van der Waals surface area contributed by atoms with Gasteiger partial charge in [-0.2, -0.15) is 0 Å². The van der Waals surface area contributed by atoms with E-state index in [-0.39, 0.29) is 18.1 Å². The Hall–Kier alpha value is -2.01. The van der Waals surface area contributed by atoms with Gasteiger partial charge in [-0.15, -0.1) is 11.3 Å². The molecule has 1 amide bonds. The maximum atomic E-state index is 12.0. The highest BCUT2D eigenvalue weighted by Gasteiger charge is 2.08. The fourth-order valence-electron chi connectivity index (χ4n) is 1.93. The van der Waals surface area contributed by atoms with Gasteiger partial charge < -0.3 is 5.32 Å². The summed E-state index contributed by atoms with van der Waals surface area (Å²) in [5, 5.41) is 3.45. The zero-order valence-corrected chi connectivity index (χ0v) is 13.0. The van der Waals surface area contributed by atoms with Crippen LogP contribution in [0.25, 0.3) is 0 Å². The fourth-order valence-corrected chi connectivity index (χ4v) is 2.86. The number of nitrogens with zero attached hydrogens (tertiary/aromatic N) is 1. The summed E-state index contributed by atoms with van der Waals surface area (Å²) >= 11 is 1.51. The number of anilines is 1. The first-order chi connectivity index (χ1) is 10.1. The second-order valence-electron chi connectivity index (χ2n) is 4.86. The molecule has 1 heterocycles. The van der Waals surface area contributed by atoms with Gasteiger partial charge in [0.1, 0.15) is 0 Å². The van der Waals surface area contributed by atoms with Gasteiger partial charge in [-0.05, 0) is 18.9 Å². The number of thiazole rings is 1. The number of carbonyl (C=O) groups is 2. The quantitative estimate of drug-likeness (QED) is 0.831. The highest BCUT2D eigenvalue weighted by molar-refractivity contribution is 7.15. The summed E-state index contributed by atoms with van der Waals surface area (Å²) in [6.07, 6.45) is 4.14. The van der Waals surface area contributed by atoms with E-state index in [2.05, 4.69) is 17.2 Å². The summed E-state index contributed by atoms with van der Waals surface area (Å²) in [6, 6.07) is 7.10. The lowest BCUT2D eigenvalue weighted by Crippen LogP contribution is -2.14. The predicted octanol–water partition coefficient (Wildman–Crippen LogP) is 3.48. The number of nitrogens with one attached hydrogen (secondary N) is 1.